The first kappa shape index (κ1) is 21.5. The van der Waals surface area contributed by atoms with Gasteiger partial charge in [-0.1, -0.05) is 17.7 Å². The van der Waals surface area contributed by atoms with Gasteiger partial charge < -0.3 is 4.42 Å². The highest BCUT2D eigenvalue weighted by atomic mass is 32.2. The van der Waals surface area contributed by atoms with Crippen molar-refractivity contribution in [2.75, 3.05) is 6.54 Å². The van der Waals surface area contributed by atoms with E-state index in [2.05, 4.69) is 20.4 Å². The Morgan fingerprint density at radius 2 is 1.64 bits per heavy atom. The van der Waals surface area contributed by atoms with Crippen molar-refractivity contribution >= 4 is 10.0 Å². The maximum Gasteiger partial charge on any atom is 0.268 e. The lowest BCUT2D eigenvalue weighted by atomic mass is 10.1. The molecule has 0 bridgehead atoms. The van der Waals surface area contributed by atoms with Gasteiger partial charge in [-0.25, -0.2) is 8.42 Å². The fourth-order valence-corrected chi connectivity index (χ4v) is 6.14. The smallest absolute Gasteiger partial charge is 0.268 e. The molecule has 0 aliphatic carbocycles. The lowest BCUT2D eigenvalue weighted by Crippen LogP contribution is -2.36. The van der Waals surface area contributed by atoms with Crippen LogP contribution in [0.1, 0.15) is 28.2 Å². The molecule has 0 N–H and O–H groups in total. The molecule has 0 amide bonds. The predicted molar refractivity (Wildman–Crippen MR) is 121 cm³/mol. The second-order valence-corrected chi connectivity index (χ2v) is 10.3. The molecule has 0 saturated heterocycles. The summed E-state index contributed by atoms with van der Waals surface area (Å²) in [7, 11) is -0.138. The third kappa shape index (κ3) is 3.47. The Labute approximate surface area is 191 Å². The molecule has 1 aliphatic rings. The number of fused-ring (bicyclic) bond motifs is 1. The number of benzene rings is 1. The normalized spacial score (nSPS) is 14.6. The molecular weight excluding hydrogens is 442 g/mol. The molecule has 0 atom stereocenters. The van der Waals surface area contributed by atoms with E-state index in [1.807, 2.05) is 38.2 Å². The van der Waals surface area contributed by atoms with Crippen LogP contribution in [-0.2, 0) is 37.1 Å². The van der Waals surface area contributed by atoms with Gasteiger partial charge in [0.25, 0.3) is 5.89 Å². The molecule has 4 aromatic rings. The Morgan fingerprint density at radius 3 is 2.30 bits per heavy atom. The molecule has 10 nitrogen and oxygen atoms in total. The molecule has 0 unspecified atom stereocenters. The van der Waals surface area contributed by atoms with Crippen LogP contribution in [0.2, 0.25) is 0 Å². The van der Waals surface area contributed by atoms with E-state index in [0.29, 0.717) is 35.9 Å². The zero-order chi connectivity index (χ0) is 23.5. The average Bonchev–Trinajstić information content (AvgIpc) is 3.45. The van der Waals surface area contributed by atoms with Gasteiger partial charge in [-0.05, 0) is 32.9 Å². The highest BCUT2D eigenvalue weighted by Gasteiger charge is 2.36. The zero-order valence-electron chi connectivity index (χ0n) is 19.2. The van der Waals surface area contributed by atoms with Crippen LogP contribution in [0.15, 0.2) is 33.6 Å². The van der Waals surface area contributed by atoms with Gasteiger partial charge >= 0.3 is 0 Å². The van der Waals surface area contributed by atoms with E-state index in [0.717, 1.165) is 22.4 Å². The number of hydrogen-bond donors (Lipinski definition) is 0. The summed E-state index contributed by atoms with van der Waals surface area (Å²) >= 11 is 0. The molecule has 172 valence electrons. The van der Waals surface area contributed by atoms with E-state index in [1.54, 1.807) is 30.3 Å². The van der Waals surface area contributed by atoms with Crippen molar-refractivity contribution in [2.45, 2.75) is 38.6 Å². The maximum absolute atomic E-state index is 13.5. The Hall–Kier alpha value is -3.31. The van der Waals surface area contributed by atoms with Crippen LogP contribution in [0.25, 0.3) is 23.0 Å². The van der Waals surface area contributed by atoms with E-state index in [1.165, 1.54) is 4.31 Å². The van der Waals surface area contributed by atoms with Gasteiger partial charge in [0.1, 0.15) is 4.90 Å². The molecule has 3 aromatic heterocycles. The monoisotopic (exact) mass is 467 g/mol. The Kier molecular flexibility index (Phi) is 4.98. The molecule has 0 saturated carbocycles. The van der Waals surface area contributed by atoms with Crippen molar-refractivity contribution < 1.29 is 12.8 Å². The number of aryl methyl sites for hydroxylation is 4. The van der Waals surface area contributed by atoms with Crippen LogP contribution in [0.3, 0.4) is 0 Å². The van der Waals surface area contributed by atoms with Gasteiger partial charge in [-0.15, -0.1) is 10.2 Å². The summed E-state index contributed by atoms with van der Waals surface area (Å²) in [5.74, 6) is 0.668. The third-order valence-electron chi connectivity index (χ3n) is 6.17. The van der Waals surface area contributed by atoms with Crippen LogP contribution < -0.4 is 0 Å². The lowest BCUT2D eigenvalue weighted by molar-refractivity contribution is 0.385. The summed E-state index contributed by atoms with van der Waals surface area (Å²) < 4.78 is 37.8. The summed E-state index contributed by atoms with van der Waals surface area (Å²) in [5.41, 5.74) is 5.32. The van der Waals surface area contributed by atoms with E-state index in [9.17, 15) is 8.42 Å². The van der Waals surface area contributed by atoms with Crippen molar-refractivity contribution in [3.05, 3.63) is 52.5 Å². The number of aromatic nitrogens is 6. The van der Waals surface area contributed by atoms with Crippen LogP contribution >= 0.6 is 0 Å². The summed E-state index contributed by atoms with van der Waals surface area (Å²) in [6, 6.07) is 7.81. The minimum absolute atomic E-state index is 0.177. The van der Waals surface area contributed by atoms with Crippen LogP contribution in [0, 0.1) is 20.8 Å². The second kappa shape index (κ2) is 7.63. The third-order valence-corrected chi connectivity index (χ3v) is 8.27. The first-order chi connectivity index (χ1) is 15.7. The van der Waals surface area contributed by atoms with E-state index >= 15 is 0 Å². The van der Waals surface area contributed by atoms with Crippen molar-refractivity contribution in [3.63, 3.8) is 0 Å². The van der Waals surface area contributed by atoms with E-state index in [-0.39, 0.29) is 17.3 Å². The molecule has 0 radical (unpaired) electrons. The van der Waals surface area contributed by atoms with Crippen molar-refractivity contribution in [3.8, 4) is 23.0 Å². The van der Waals surface area contributed by atoms with Gasteiger partial charge in [0.2, 0.25) is 15.9 Å². The summed E-state index contributed by atoms with van der Waals surface area (Å²) in [6.45, 7) is 6.04. The van der Waals surface area contributed by atoms with E-state index in [4.69, 9.17) is 4.42 Å². The van der Waals surface area contributed by atoms with Crippen LogP contribution in [-0.4, -0.2) is 49.0 Å². The molecule has 1 aromatic carbocycles. The summed E-state index contributed by atoms with van der Waals surface area (Å²) in [5, 5.41) is 17.3. The molecule has 1 aliphatic heterocycles. The lowest BCUT2D eigenvalue weighted by Gasteiger charge is -2.26. The molecule has 33 heavy (non-hydrogen) atoms. The Bertz CT molecular complexity index is 1460. The first-order valence-corrected chi connectivity index (χ1v) is 12.1. The van der Waals surface area contributed by atoms with Gasteiger partial charge in [0, 0.05) is 50.4 Å². The summed E-state index contributed by atoms with van der Waals surface area (Å²) in [6.07, 6.45) is 0.537. The predicted octanol–water partition coefficient (Wildman–Crippen LogP) is 2.54. The largest absolute Gasteiger partial charge is 0.415 e. The van der Waals surface area contributed by atoms with Gasteiger partial charge in [0.05, 0.1) is 11.4 Å². The molecule has 11 heteroatoms. The summed E-state index contributed by atoms with van der Waals surface area (Å²) in [4.78, 5) is 0.262. The Balaban J connectivity index is 1.51. The number of nitrogens with zero attached hydrogens (tertiary/aromatic N) is 7. The fourth-order valence-electron chi connectivity index (χ4n) is 4.33. The van der Waals surface area contributed by atoms with Crippen LogP contribution in [0.5, 0.6) is 0 Å². The van der Waals surface area contributed by atoms with Gasteiger partial charge in [0.15, 0.2) is 5.69 Å². The molecule has 0 spiro atoms. The highest BCUT2D eigenvalue weighted by Crippen LogP contribution is 2.33. The molecule has 0 fully saturated rings. The molecule has 5 rings (SSSR count). The number of hydrogen-bond acceptors (Lipinski definition) is 7. The van der Waals surface area contributed by atoms with Gasteiger partial charge in [-0.3, -0.25) is 9.36 Å². The standard InChI is InChI=1S/C22H25N7O3S/c1-13-6-8-16(9-7-13)21-23-24-22(32-21)19-17-12-29(11-10-18(17)28(5)26-19)33(30,31)20-14(2)25-27(4)15(20)3/h6-9H,10-12H2,1-5H3. The molecular formula is C22H25N7O3S. The van der Waals surface area contributed by atoms with Crippen LogP contribution in [0.4, 0.5) is 0 Å². The quantitative estimate of drug-likeness (QED) is 0.453. The van der Waals surface area contributed by atoms with Crippen molar-refractivity contribution in [1.29, 1.82) is 0 Å². The number of sulfonamides is 1. The van der Waals surface area contributed by atoms with Gasteiger partial charge in [-0.2, -0.15) is 14.5 Å². The SMILES string of the molecule is Cc1ccc(-c2nnc(-c3nn(C)c4c3CN(S(=O)(=O)c3c(C)nn(C)c3C)CC4)o2)cc1. The average molecular weight is 468 g/mol. The van der Waals surface area contributed by atoms with Crippen molar-refractivity contribution in [1.82, 2.24) is 34.1 Å². The Morgan fingerprint density at radius 1 is 0.939 bits per heavy atom. The van der Waals surface area contributed by atoms with Crippen molar-refractivity contribution in [2.24, 2.45) is 14.1 Å². The minimum atomic E-state index is -3.73. The first-order valence-electron chi connectivity index (χ1n) is 10.6. The second-order valence-electron chi connectivity index (χ2n) is 8.39. The maximum atomic E-state index is 13.5. The zero-order valence-corrected chi connectivity index (χ0v) is 20.0. The van der Waals surface area contributed by atoms with E-state index < -0.39 is 10.0 Å². The topological polar surface area (TPSA) is 112 Å². The minimum Gasteiger partial charge on any atom is -0.415 e. The molecule has 4 heterocycles. The fraction of sp³-hybridized carbons (Fsp3) is 0.364. The number of rotatable bonds is 4. The highest BCUT2D eigenvalue weighted by molar-refractivity contribution is 7.89.